The standard InChI is InChI=1S/C28H41ClN5O3.2HI/c1-28(2,3)22-14-19(10-13-26(35)37-21(17-33(4,5)6)18-34(7,8)9)15-25(27(22)36)32-30-23-12-11-20(29)16-24(23)31-32;;/h11-12,14-16,21H,10,13,17-18H2,1-9H3;2*1H/q+1;;/p-1. The zero-order valence-corrected chi connectivity index (χ0v) is 29.5. The topological polar surface area (TPSA) is 77.2 Å². The fraction of sp³-hybridized carbons (Fsp3) is 0.536. The molecule has 218 valence electrons. The van der Waals surface area contributed by atoms with E-state index in [0.29, 0.717) is 37.1 Å². The summed E-state index contributed by atoms with van der Waals surface area (Å²) in [6.07, 6.45) is 0.534. The lowest BCUT2D eigenvalue weighted by Crippen LogP contribution is -3.00. The van der Waals surface area contributed by atoms with Crippen molar-refractivity contribution in [3.8, 4) is 11.4 Å². The lowest BCUT2D eigenvalue weighted by molar-refractivity contribution is -0.895. The van der Waals surface area contributed by atoms with Gasteiger partial charge in [-0.1, -0.05) is 38.4 Å². The average Bonchev–Trinajstić information content (AvgIpc) is 3.12. The van der Waals surface area contributed by atoms with Crippen LogP contribution in [0.1, 0.15) is 38.3 Å². The number of rotatable bonds is 9. The molecule has 0 radical (unpaired) electrons. The van der Waals surface area contributed by atoms with Crippen molar-refractivity contribution in [3.63, 3.8) is 0 Å². The number of esters is 1. The van der Waals surface area contributed by atoms with E-state index in [-0.39, 0.29) is 77.6 Å². The van der Waals surface area contributed by atoms with E-state index < -0.39 is 0 Å². The maximum Gasteiger partial charge on any atom is 0.306 e. The fourth-order valence-electron chi connectivity index (χ4n) is 4.39. The minimum Gasteiger partial charge on any atom is -1.00 e. The molecule has 0 aliphatic carbocycles. The number of halogens is 3. The molecule has 0 spiro atoms. The predicted molar refractivity (Wildman–Crippen MR) is 148 cm³/mol. The Kier molecular flexibility index (Phi) is 12.5. The van der Waals surface area contributed by atoms with Crippen molar-refractivity contribution in [3.05, 3.63) is 46.5 Å². The first-order valence-corrected chi connectivity index (χ1v) is 13.0. The molecule has 3 aromatic rings. The first-order valence-electron chi connectivity index (χ1n) is 12.6. The van der Waals surface area contributed by atoms with Crippen LogP contribution in [0.3, 0.4) is 0 Å². The molecule has 11 heteroatoms. The number of carbonyl (C=O) groups excluding carboxylic acids is 1. The Morgan fingerprint density at radius 1 is 0.974 bits per heavy atom. The minimum atomic E-state index is -0.328. The van der Waals surface area contributed by atoms with Gasteiger partial charge < -0.3 is 66.8 Å². The molecular weight excluding hydrogens is 744 g/mol. The van der Waals surface area contributed by atoms with Gasteiger partial charge >= 0.3 is 5.97 Å². The summed E-state index contributed by atoms with van der Waals surface area (Å²) in [4.78, 5) is 14.4. The van der Waals surface area contributed by atoms with Crippen molar-refractivity contribution in [2.75, 3.05) is 55.4 Å². The molecule has 0 atom stereocenters. The van der Waals surface area contributed by atoms with Crippen LogP contribution in [0.5, 0.6) is 5.75 Å². The highest BCUT2D eigenvalue weighted by atomic mass is 127. The van der Waals surface area contributed by atoms with Gasteiger partial charge in [0, 0.05) is 17.0 Å². The molecule has 0 saturated carbocycles. The van der Waals surface area contributed by atoms with Crippen molar-refractivity contribution in [2.24, 2.45) is 0 Å². The minimum absolute atomic E-state index is 0. The molecule has 8 nitrogen and oxygen atoms in total. The van der Waals surface area contributed by atoms with E-state index in [1.807, 2.05) is 32.9 Å². The molecule has 1 N–H and O–H groups in total. The number of benzene rings is 2. The molecule has 0 aliphatic rings. The number of phenols is 1. The molecular formula is C28H42ClI2N5O3. The molecule has 2 aromatic carbocycles. The number of hydrogen-bond acceptors (Lipinski definition) is 5. The summed E-state index contributed by atoms with van der Waals surface area (Å²) >= 11 is 6.12. The van der Waals surface area contributed by atoms with Gasteiger partial charge in [-0.15, -0.1) is 15.0 Å². The second-order valence-electron chi connectivity index (χ2n) is 12.9. The highest BCUT2D eigenvalue weighted by Crippen LogP contribution is 2.36. The Labute approximate surface area is 271 Å². The van der Waals surface area contributed by atoms with E-state index in [1.165, 1.54) is 4.80 Å². The molecule has 0 saturated heterocycles. The van der Waals surface area contributed by atoms with Gasteiger partial charge in [0.1, 0.15) is 35.6 Å². The second-order valence-corrected chi connectivity index (χ2v) is 13.4. The number of fused-ring (bicyclic) bond motifs is 1. The third-order valence-electron chi connectivity index (χ3n) is 5.93. The number of carbonyl (C=O) groups is 1. The second kappa shape index (κ2) is 13.6. The summed E-state index contributed by atoms with van der Waals surface area (Å²) in [6, 6.07) is 9.10. The first-order chi connectivity index (χ1) is 16.9. The van der Waals surface area contributed by atoms with Gasteiger partial charge in [0.05, 0.1) is 42.3 Å². The summed E-state index contributed by atoms with van der Waals surface area (Å²) in [7, 11) is 12.6. The fourth-order valence-corrected chi connectivity index (χ4v) is 4.55. The van der Waals surface area contributed by atoms with Crippen LogP contribution in [0.15, 0.2) is 30.3 Å². The summed E-state index contributed by atoms with van der Waals surface area (Å²) in [5.41, 5.74) is 3.13. The highest BCUT2D eigenvalue weighted by Gasteiger charge is 2.28. The molecule has 0 bridgehead atoms. The molecule has 1 heterocycles. The van der Waals surface area contributed by atoms with E-state index in [1.54, 1.807) is 18.2 Å². The maximum atomic E-state index is 12.9. The Bertz CT molecular complexity index is 1260. The quantitative estimate of drug-likeness (QED) is 0.160. The molecule has 0 amide bonds. The van der Waals surface area contributed by atoms with Crippen LogP contribution < -0.4 is 48.0 Å². The van der Waals surface area contributed by atoms with Crippen molar-refractivity contribution < 1.29 is 71.6 Å². The van der Waals surface area contributed by atoms with Crippen molar-refractivity contribution in [2.45, 2.75) is 45.1 Å². The predicted octanol–water partition coefficient (Wildman–Crippen LogP) is -1.66. The van der Waals surface area contributed by atoms with E-state index in [0.717, 1.165) is 24.2 Å². The molecule has 0 aliphatic heterocycles. The van der Waals surface area contributed by atoms with Crippen molar-refractivity contribution >= 4 is 28.6 Å². The number of likely N-dealkylation sites (N-methyl/N-ethyl adjacent to an activating group) is 2. The summed E-state index contributed by atoms with van der Waals surface area (Å²) in [6.45, 7) is 7.59. The number of quaternary nitrogens is 2. The van der Waals surface area contributed by atoms with E-state index in [9.17, 15) is 9.90 Å². The van der Waals surface area contributed by atoms with Gasteiger partial charge in [-0.3, -0.25) is 4.79 Å². The monoisotopic (exact) mass is 785 g/mol. The van der Waals surface area contributed by atoms with Crippen LogP contribution >= 0.6 is 11.6 Å². The van der Waals surface area contributed by atoms with Gasteiger partial charge in [-0.25, -0.2) is 0 Å². The largest absolute Gasteiger partial charge is 1.00 e. The number of aromatic hydroxyl groups is 1. The number of ether oxygens (including phenoxy) is 1. The van der Waals surface area contributed by atoms with Crippen LogP contribution in [0.25, 0.3) is 16.7 Å². The number of aryl methyl sites for hydroxylation is 1. The zero-order valence-electron chi connectivity index (χ0n) is 24.4. The van der Waals surface area contributed by atoms with Crippen LogP contribution in [-0.4, -0.2) is 96.5 Å². The maximum absolute atomic E-state index is 12.9. The van der Waals surface area contributed by atoms with Crippen LogP contribution in [-0.2, 0) is 21.4 Å². The summed E-state index contributed by atoms with van der Waals surface area (Å²) < 4.78 is 7.38. The lowest BCUT2D eigenvalue weighted by Gasteiger charge is -2.33. The smallest absolute Gasteiger partial charge is 0.306 e. The SMILES string of the molecule is CC(C)(C)c1cc(CCC(=O)OC(C[N+](C)(C)C)C[N+](C)(C)C)cc(-n2nc3ccc(Cl)cc3n2)c1O.[I-].[I-]. The zero-order chi connectivity index (χ0) is 27.8. The number of nitrogens with zero attached hydrogens (tertiary/aromatic N) is 5. The van der Waals surface area contributed by atoms with Crippen molar-refractivity contribution in [1.82, 2.24) is 15.0 Å². The van der Waals surface area contributed by atoms with E-state index in [4.69, 9.17) is 16.3 Å². The summed E-state index contributed by atoms with van der Waals surface area (Å²) in [5.74, 6) is -0.104. The number of hydrogen-bond donors (Lipinski definition) is 1. The molecule has 1 aromatic heterocycles. The third-order valence-corrected chi connectivity index (χ3v) is 6.17. The van der Waals surface area contributed by atoms with Gasteiger partial charge in [-0.05, 0) is 41.7 Å². The van der Waals surface area contributed by atoms with Crippen LogP contribution in [0.2, 0.25) is 5.02 Å². The van der Waals surface area contributed by atoms with E-state index in [2.05, 4.69) is 52.5 Å². The van der Waals surface area contributed by atoms with Gasteiger partial charge in [-0.2, -0.15) is 0 Å². The average molecular weight is 786 g/mol. The molecule has 39 heavy (non-hydrogen) atoms. The highest BCUT2D eigenvalue weighted by molar-refractivity contribution is 6.31. The van der Waals surface area contributed by atoms with Crippen molar-refractivity contribution in [1.29, 1.82) is 0 Å². The first kappa shape index (κ1) is 35.8. The molecule has 0 unspecified atom stereocenters. The Morgan fingerprint density at radius 3 is 2.08 bits per heavy atom. The van der Waals surface area contributed by atoms with Crippen LogP contribution in [0.4, 0.5) is 0 Å². The third kappa shape index (κ3) is 10.6. The lowest BCUT2D eigenvalue weighted by atomic mass is 9.84. The van der Waals surface area contributed by atoms with E-state index >= 15 is 0 Å². The van der Waals surface area contributed by atoms with Gasteiger partial charge in [0.25, 0.3) is 0 Å². The Morgan fingerprint density at radius 2 is 1.54 bits per heavy atom. The number of aromatic nitrogens is 3. The van der Waals surface area contributed by atoms with Crippen LogP contribution in [0, 0.1) is 0 Å². The van der Waals surface area contributed by atoms with Gasteiger partial charge in [0.15, 0.2) is 6.10 Å². The Balaban J connectivity index is 0.00000380. The Hall–Kier alpha value is -1.22. The molecule has 0 fully saturated rings. The summed E-state index contributed by atoms with van der Waals surface area (Å²) in [5, 5.41) is 20.8. The van der Waals surface area contributed by atoms with Gasteiger partial charge in [0.2, 0.25) is 0 Å². The normalized spacial score (nSPS) is 12.3. The molecule has 3 rings (SSSR count). The number of phenolic OH excluding ortho intramolecular Hbond substituents is 1.